The van der Waals surface area contributed by atoms with Crippen molar-refractivity contribution in [3.63, 3.8) is 0 Å². The second-order valence-electron chi connectivity index (χ2n) is 5.54. The van der Waals surface area contributed by atoms with Crippen LogP contribution in [0.25, 0.3) is 0 Å². The number of hydrogen-bond acceptors (Lipinski definition) is 2. The highest BCUT2D eigenvalue weighted by molar-refractivity contribution is 14.0. The van der Waals surface area contributed by atoms with Gasteiger partial charge >= 0.3 is 0 Å². The molecule has 0 fully saturated rings. The van der Waals surface area contributed by atoms with E-state index in [1.54, 1.807) is 26.3 Å². The van der Waals surface area contributed by atoms with Gasteiger partial charge in [-0.2, -0.15) is 0 Å². The summed E-state index contributed by atoms with van der Waals surface area (Å²) in [7, 11) is 3.41. The smallest absolute Gasteiger partial charge is 0.191 e. The highest BCUT2D eigenvalue weighted by Gasteiger charge is 2.04. The standard InChI is InChI=1S/C19H24FN3O.HI/c1-14-4-7-16(18(12-14)24-3)13-23-19(21-2)22-11-10-15-5-8-17(20)9-6-15;/h4-9,12H,10-11,13H2,1-3H3,(H2,21,22,23);1H. The van der Waals surface area contributed by atoms with Crippen LogP contribution in [0.1, 0.15) is 16.7 Å². The number of halogens is 2. The summed E-state index contributed by atoms with van der Waals surface area (Å²) in [5.41, 5.74) is 3.32. The molecule has 2 aromatic carbocycles. The van der Waals surface area contributed by atoms with Crippen molar-refractivity contribution >= 4 is 29.9 Å². The van der Waals surface area contributed by atoms with Crippen LogP contribution >= 0.6 is 24.0 Å². The van der Waals surface area contributed by atoms with Crippen LogP contribution in [-0.4, -0.2) is 26.7 Å². The van der Waals surface area contributed by atoms with Gasteiger partial charge in [-0.1, -0.05) is 24.3 Å². The Hall–Kier alpha value is -1.83. The van der Waals surface area contributed by atoms with Gasteiger partial charge in [0.1, 0.15) is 11.6 Å². The van der Waals surface area contributed by atoms with Crippen LogP contribution in [-0.2, 0) is 13.0 Å². The fourth-order valence-electron chi connectivity index (χ4n) is 2.37. The molecule has 0 unspecified atom stereocenters. The van der Waals surface area contributed by atoms with Crippen molar-refractivity contribution in [1.29, 1.82) is 0 Å². The van der Waals surface area contributed by atoms with E-state index in [0.29, 0.717) is 6.54 Å². The minimum Gasteiger partial charge on any atom is -0.496 e. The fourth-order valence-corrected chi connectivity index (χ4v) is 2.37. The van der Waals surface area contributed by atoms with Gasteiger partial charge in [0.25, 0.3) is 0 Å². The Kier molecular flexibility index (Phi) is 9.26. The molecule has 136 valence electrons. The predicted molar refractivity (Wildman–Crippen MR) is 111 cm³/mol. The summed E-state index contributed by atoms with van der Waals surface area (Å²) in [5.74, 6) is 1.38. The van der Waals surface area contributed by atoms with Crippen molar-refractivity contribution in [2.24, 2.45) is 4.99 Å². The van der Waals surface area contributed by atoms with Crippen LogP contribution in [0.5, 0.6) is 5.75 Å². The maximum absolute atomic E-state index is 12.9. The van der Waals surface area contributed by atoms with Gasteiger partial charge < -0.3 is 15.4 Å². The fraction of sp³-hybridized carbons (Fsp3) is 0.316. The first-order valence-corrected chi connectivity index (χ1v) is 7.95. The largest absolute Gasteiger partial charge is 0.496 e. The van der Waals surface area contributed by atoms with Crippen LogP contribution in [0, 0.1) is 12.7 Å². The summed E-state index contributed by atoms with van der Waals surface area (Å²) in [6.45, 7) is 3.38. The molecule has 0 spiro atoms. The Morgan fingerprint density at radius 2 is 1.84 bits per heavy atom. The van der Waals surface area contributed by atoms with E-state index in [9.17, 15) is 4.39 Å². The van der Waals surface area contributed by atoms with Gasteiger partial charge in [0.05, 0.1) is 7.11 Å². The minimum atomic E-state index is -0.212. The summed E-state index contributed by atoms with van der Waals surface area (Å²) in [6, 6.07) is 12.7. The molecule has 0 radical (unpaired) electrons. The average Bonchev–Trinajstić information content (AvgIpc) is 2.60. The maximum Gasteiger partial charge on any atom is 0.191 e. The molecule has 0 amide bonds. The molecule has 6 heteroatoms. The van der Waals surface area contributed by atoms with Gasteiger partial charge in [-0.3, -0.25) is 4.99 Å². The van der Waals surface area contributed by atoms with E-state index in [-0.39, 0.29) is 29.8 Å². The molecule has 0 saturated heterocycles. The maximum atomic E-state index is 12.9. The molecule has 2 aromatic rings. The number of guanidine groups is 1. The molecule has 0 atom stereocenters. The highest BCUT2D eigenvalue weighted by atomic mass is 127. The molecule has 0 heterocycles. The Morgan fingerprint density at radius 1 is 1.12 bits per heavy atom. The Bertz CT molecular complexity index is 690. The van der Waals surface area contributed by atoms with Gasteiger partial charge in [0.15, 0.2) is 5.96 Å². The van der Waals surface area contributed by atoms with E-state index < -0.39 is 0 Å². The van der Waals surface area contributed by atoms with Crippen LogP contribution in [0.15, 0.2) is 47.5 Å². The van der Waals surface area contributed by atoms with Crippen molar-refractivity contribution in [3.05, 3.63) is 65.0 Å². The SMILES string of the molecule is CN=C(NCCc1ccc(F)cc1)NCc1ccc(C)cc1OC.I. The Labute approximate surface area is 165 Å². The number of nitrogens with one attached hydrogen (secondary N) is 2. The lowest BCUT2D eigenvalue weighted by Crippen LogP contribution is -2.37. The first kappa shape index (κ1) is 21.2. The van der Waals surface area contributed by atoms with Gasteiger partial charge in [-0.25, -0.2) is 4.39 Å². The number of ether oxygens (including phenoxy) is 1. The molecule has 2 rings (SSSR count). The van der Waals surface area contributed by atoms with E-state index in [4.69, 9.17) is 4.74 Å². The summed E-state index contributed by atoms with van der Waals surface area (Å²) in [5, 5.41) is 6.53. The number of nitrogens with zero attached hydrogens (tertiary/aromatic N) is 1. The van der Waals surface area contributed by atoms with Crippen molar-refractivity contribution < 1.29 is 9.13 Å². The number of benzene rings is 2. The first-order valence-electron chi connectivity index (χ1n) is 7.95. The van der Waals surface area contributed by atoms with Gasteiger partial charge in [0.2, 0.25) is 0 Å². The second kappa shape index (κ2) is 10.9. The number of hydrogen-bond donors (Lipinski definition) is 2. The lowest BCUT2D eigenvalue weighted by Gasteiger charge is -2.14. The Morgan fingerprint density at radius 3 is 2.48 bits per heavy atom. The second-order valence-corrected chi connectivity index (χ2v) is 5.54. The molecular formula is C19H25FIN3O. The predicted octanol–water partition coefficient (Wildman–Crippen LogP) is 3.67. The number of methoxy groups -OCH3 is 1. The van der Waals surface area contributed by atoms with Gasteiger partial charge in [-0.05, 0) is 42.7 Å². The van der Waals surface area contributed by atoms with E-state index >= 15 is 0 Å². The summed E-state index contributed by atoms with van der Waals surface area (Å²) in [4.78, 5) is 4.22. The normalized spacial score (nSPS) is 10.8. The van der Waals surface area contributed by atoms with Crippen molar-refractivity contribution in [1.82, 2.24) is 10.6 Å². The minimum absolute atomic E-state index is 0. The van der Waals surface area contributed by atoms with Crippen LogP contribution < -0.4 is 15.4 Å². The molecule has 0 aliphatic rings. The Balaban J connectivity index is 0.00000312. The number of aryl methyl sites for hydroxylation is 1. The molecule has 0 aliphatic carbocycles. The molecule has 0 aromatic heterocycles. The highest BCUT2D eigenvalue weighted by Crippen LogP contribution is 2.19. The van der Waals surface area contributed by atoms with Crippen LogP contribution in [0.3, 0.4) is 0 Å². The molecular weight excluding hydrogens is 432 g/mol. The summed E-state index contributed by atoms with van der Waals surface area (Å²) < 4.78 is 18.3. The number of aliphatic imine (C=N–C) groups is 1. The van der Waals surface area contributed by atoms with Crippen LogP contribution in [0.2, 0.25) is 0 Å². The summed E-state index contributed by atoms with van der Waals surface area (Å²) >= 11 is 0. The lowest BCUT2D eigenvalue weighted by atomic mass is 10.1. The van der Waals surface area contributed by atoms with Gasteiger partial charge in [0, 0.05) is 25.7 Å². The lowest BCUT2D eigenvalue weighted by molar-refractivity contribution is 0.408. The third-order valence-electron chi connectivity index (χ3n) is 3.73. The molecule has 0 bridgehead atoms. The quantitative estimate of drug-likeness (QED) is 0.396. The third-order valence-corrected chi connectivity index (χ3v) is 3.73. The third kappa shape index (κ3) is 6.89. The molecule has 2 N–H and O–H groups in total. The van der Waals surface area contributed by atoms with E-state index in [1.807, 2.05) is 19.1 Å². The van der Waals surface area contributed by atoms with Gasteiger partial charge in [-0.15, -0.1) is 24.0 Å². The first-order chi connectivity index (χ1) is 11.6. The van der Waals surface area contributed by atoms with E-state index in [1.165, 1.54) is 12.1 Å². The average molecular weight is 457 g/mol. The molecule has 25 heavy (non-hydrogen) atoms. The zero-order chi connectivity index (χ0) is 17.4. The van der Waals surface area contributed by atoms with Crippen molar-refractivity contribution in [2.45, 2.75) is 19.9 Å². The van der Waals surface area contributed by atoms with E-state index in [0.717, 1.165) is 41.4 Å². The van der Waals surface area contributed by atoms with Crippen molar-refractivity contribution in [2.75, 3.05) is 20.7 Å². The molecule has 4 nitrogen and oxygen atoms in total. The molecule has 0 aliphatic heterocycles. The number of rotatable bonds is 6. The molecule has 0 saturated carbocycles. The summed E-state index contributed by atoms with van der Waals surface area (Å²) in [6.07, 6.45) is 0.800. The topological polar surface area (TPSA) is 45.7 Å². The zero-order valence-corrected chi connectivity index (χ0v) is 17.1. The zero-order valence-electron chi connectivity index (χ0n) is 14.8. The van der Waals surface area contributed by atoms with E-state index in [2.05, 4.69) is 21.7 Å². The monoisotopic (exact) mass is 457 g/mol. The van der Waals surface area contributed by atoms with Crippen molar-refractivity contribution in [3.8, 4) is 5.75 Å². The van der Waals surface area contributed by atoms with Crippen LogP contribution in [0.4, 0.5) is 4.39 Å².